The van der Waals surface area contributed by atoms with Crippen LogP contribution < -0.4 is 10.6 Å². The van der Waals surface area contributed by atoms with Gasteiger partial charge in [0.1, 0.15) is 0 Å². The fraction of sp³-hybridized carbons (Fsp3) is 0.625. The lowest BCUT2D eigenvalue weighted by molar-refractivity contribution is 0.0683. The van der Waals surface area contributed by atoms with Gasteiger partial charge in [0.2, 0.25) is 0 Å². The summed E-state index contributed by atoms with van der Waals surface area (Å²) in [6.07, 6.45) is 4.61. The Morgan fingerprint density at radius 1 is 1.26 bits per heavy atom. The van der Waals surface area contributed by atoms with Crippen LogP contribution in [0.15, 0.2) is 18.2 Å². The van der Waals surface area contributed by atoms with Gasteiger partial charge in [0.25, 0.3) is 0 Å². The number of benzene rings is 1. The molecule has 1 fully saturated rings. The van der Waals surface area contributed by atoms with Gasteiger partial charge in [-0.2, -0.15) is 0 Å². The first-order valence-electron chi connectivity index (χ1n) is 7.51. The maximum atomic E-state index is 5.66. The first kappa shape index (κ1) is 12.9. The second kappa shape index (κ2) is 5.93. The summed E-state index contributed by atoms with van der Waals surface area (Å²) in [7, 11) is 0. The van der Waals surface area contributed by atoms with Crippen molar-refractivity contribution in [3.8, 4) is 0 Å². The summed E-state index contributed by atoms with van der Waals surface area (Å²) in [5.41, 5.74) is 10.0. The van der Waals surface area contributed by atoms with Crippen molar-refractivity contribution >= 4 is 5.69 Å². The fourth-order valence-electron chi connectivity index (χ4n) is 3.24. The lowest BCUT2D eigenvalue weighted by Crippen LogP contribution is -2.31. The Hall–Kier alpha value is -1.06. The highest BCUT2D eigenvalue weighted by Crippen LogP contribution is 2.31. The van der Waals surface area contributed by atoms with E-state index in [1.165, 1.54) is 49.2 Å². The molecule has 1 aromatic rings. The molecule has 2 heterocycles. The summed E-state index contributed by atoms with van der Waals surface area (Å²) in [4.78, 5) is 2.57. The number of rotatable bonds is 4. The van der Waals surface area contributed by atoms with E-state index in [0.29, 0.717) is 0 Å². The van der Waals surface area contributed by atoms with Gasteiger partial charge in [-0.05, 0) is 55.3 Å². The topological polar surface area (TPSA) is 38.5 Å². The standard InChI is InChI=1S/C16H24N2O/c17-7-3-13-1-2-15-4-8-18(16(15)11-13)12-14-5-9-19-10-6-14/h1-2,11,14H,3-10,12,17H2. The summed E-state index contributed by atoms with van der Waals surface area (Å²) < 4.78 is 5.45. The molecule has 1 saturated heterocycles. The molecule has 0 bridgehead atoms. The minimum atomic E-state index is 0.735. The van der Waals surface area contributed by atoms with Crippen molar-refractivity contribution in [2.75, 3.05) is 37.7 Å². The SMILES string of the molecule is NCCc1ccc2c(c1)N(CC1CCOCC1)CC2. The van der Waals surface area contributed by atoms with Crippen molar-refractivity contribution in [1.82, 2.24) is 0 Å². The van der Waals surface area contributed by atoms with E-state index in [0.717, 1.165) is 32.1 Å². The van der Waals surface area contributed by atoms with E-state index in [1.807, 2.05) is 0 Å². The van der Waals surface area contributed by atoms with Crippen molar-refractivity contribution in [3.05, 3.63) is 29.3 Å². The van der Waals surface area contributed by atoms with E-state index in [2.05, 4.69) is 23.1 Å². The normalized spacial score (nSPS) is 19.7. The van der Waals surface area contributed by atoms with Crippen LogP contribution in [0.25, 0.3) is 0 Å². The predicted molar refractivity (Wildman–Crippen MR) is 78.7 cm³/mol. The Kier molecular flexibility index (Phi) is 4.04. The van der Waals surface area contributed by atoms with Gasteiger partial charge < -0.3 is 15.4 Å². The fourth-order valence-corrected chi connectivity index (χ4v) is 3.24. The van der Waals surface area contributed by atoms with Gasteiger partial charge in [0.05, 0.1) is 0 Å². The third-order valence-electron chi connectivity index (χ3n) is 4.39. The monoisotopic (exact) mass is 260 g/mol. The Bertz CT molecular complexity index is 427. The van der Waals surface area contributed by atoms with Crippen molar-refractivity contribution in [3.63, 3.8) is 0 Å². The molecule has 0 atom stereocenters. The third-order valence-corrected chi connectivity index (χ3v) is 4.39. The zero-order chi connectivity index (χ0) is 13.1. The van der Waals surface area contributed by atoms with E-state index in [-0.39, 0.29) is 0 Å². The van der Waals surface area contributed by atoms with Gasteiger partial charge >= 0.3 is 0 Å². The molecule has 2 N–H and O–H groups in total. The van der Waals surface area contributed by atoms with Gasteiger partial charge in [0.15, 0.2) is 0 Å². The molecule has 0 aromatic heterocycles. The summed E-state index contributed by atoms with van der Waals surface area (Å²) >= 11 is 0. The highest BCUT2D eigenvalue weighted by atomic mass is 16.5. The summed E-state index contributed by atoms with van der Waals surface area (Å²) in [6, 6.07) is 6.89. The highest BCUT2D eigenvalue weighted by Gasteiger charge is 2.23. The number of ether oxygens (including phenoxy) is 1. The molecule has 3 nitrogen and oxygen atoms in total. The highest BCUT2D eigenvalue weighted by molar-refractivity contribution is 5.59. The molecule has 2 aliphatic rings. The van der Waals surface area contributed by atoms with Gasteiger partial charge in [-0.15, -0.1) is 0 Å². The average Bonchev–Trinajstić information content (AvgIpc) is 2.83. The number of anilines is 1. The first-order valence-corrected chi connectivity index (χ1v) is 7.51. The van der Waals surface area contributed by atoms with Crippen molar-refractivity contribution in [2.45, 2.75) is 25.7 Å². The van der Waals surface area contributed by atoms with Crippen LogP contribution in [0.2, 0.25) is 0 Å². The van der Waals surface area contributed by atoms with Crippen LogP contribution in [-0.2, 0) is 17.6 Å². The third kappa shape index (κ3) is 2.93. The maximum absolute atomic E-state index is 5.66. The number of nitrogens with zero attached hydrogens (tertiary/aromatic N) is 1. The van der Waals surface area contributed by atoms with Crippen LogP contribution in [0, 0.1) is 5.92 Å². The number of hydrogen-bond donors (Lipinski definition) is 1. The predicted octanol–water partition coefficient (Wildman–Crippen LogP) is 1.98. The molecular weight excluding hydrogens is 236 g/mol. The minimum Gasteiger partial charge on any atom is -0.381 e. The van der Waals surface area contributed by atoms with Crippen LogP contribution in [0.5, 0.6) is 0 Å². The molecule has 104 valence electrons. The Morgan fingerprint density at radius 3 is 2.89 bits per heavy atom. The Labute approximate surface area is 115 Å². The molecule has 3 heteroatoms. The lowest BCUT2D eigenvalue weighted by Gasteiger charge is -2.28. The number of nitrogens with two attached hydrogens (primary N) is 1. The first-order chi connectivity index (χ1) is 9.36. The number of hydrogen-bond acceptors (Lipinski definition) is 3. The second-order valence-corrected chi connectivity index (χ2v) is 5.75. The molecule has 19 heavy (non-hydrogen) atoms. The zero-order valence-corrected chi connectivity index (χ0v) is 11.6. The Morgan fingerprint density at radius 2 is 2.11 bits per heavy atom. The Balaban J connectivity index is 1.70. The van der Waals surface area contributed by atoms with Gasteiger partial charge in [-0.1, -0.05) is 12.1 Å². The molecule has 2 aliphatic heterocycles. The minimum absolute atomic E-state index is 0.735. The smallest absolute Gasteiger partial charge is 0.0469 e. The lowest BCUT2D eigenvalue weighted by atomic mass is 9.99. The van der Waals surface area contributed by atoms with E-state index >= 15 is 0 Å². The van der Waals surface area contributed by atoms with E-state index < -0.39 is 0 Å². The van der Waals surface area contributed by atoms with Gasteiger partial charge in [0, 0.05) is 32.0 Å². The molecule has 1 aromatic carbocycles. The van der Waals surface area contributed by atoms with Crippen LogP contribution in [0.4, 0.5) is 5.69 Å². The summed E-state index contributed by atoms with van der Waals surface area (Å²) in [5, 5.41) is 0. The van der Waals surface area contributed by atoms with Crippen LogP contribution in [0.3, 0.4) is 0 Å². The van der Waals surface area contributed by atoms with Crippen LogP contribution in [-0.4, -0.2) is 32.8 Å². The second-order valence-electron chi connectivity index (χ2n) is 5.75. The molecule has 0 spiro atoms. The van der Waals surface area contributed by atoms with Crippen molar-refractivity contribution < 1.29 is 4.74 Å². The molecule has 0 saturated carbocycles. The summed E-state index contributed by atoms with van der Waals surface area (Å²) in [6.45, 7) is 5.00. The largest absolute Gasteiger partial charge is 0.381 e. The molecule has 0 amide bonds. The molecule has 0 aliphatic carbocycles. The van der Waals surface area contributed by atoms with Crippen molar-refractivity contribution in [2.24, 2.45) is 11.7 Å². The molecular formula is C16H24N2O. The summed E-state index contributed by atoms with van der Waals surface area (Å²) in [5.74, 6) is 0.804. The number of fused-ring (bicyclic) bond motifs is 1. The van der Waals surface area contributed by atoms with Crippen LogP contribution in [0.1, 0.15) is 24.0 Å². The quantitative estimate of drug-likeness (QED) is 0.899. The van der Waals surface area contributed by atoms with Gasteiger partial charge in [-0.25, -0.2) is 0 Å². The molecule has 3 rings (SSSR count). The molecule has 0 radical (unpaired) electrons. The van der Waals surface area contributed by atoms with E-state index in [9.17, 15) is 0 Å². The zero-order valence-electron chi connectivity index (χ0n) is 11.6. The average molecular weight is 260 g/mol. The van der Waals surface area contributed by atoms with E-state index in [1.54, 1.807) is 0 Å². The van der Waals surface area contributed by atoms with Gasteiger partial charge in [-0.3, -0.25) is 0 Å². The van der Waals surface area contributed by atoms with E-state index in [4.69, 9.17) is 10.5 Å². The van der Waals surface area contributed by atoms with Crippen LogP contribution >= 0.6 is 0 Å². The molecule has 0 unspecified atom stereocenters. The van der Waals surface area contributed by atoms with Crippen molar-refractivity contribution in [1.29, 1.82) is 0 Å². The maximum Gasteiger partial charge on any atom is 0.0469 e.